The molecule has 2 aromatic rings. The standard InChI is InChI=1S/C14H14F2N2O2S/c1-9-3-2-4-13(11(9)8-17)18-21(19,20)14-6-5-10(15)7-12(14)16/h2-7,18H,8,17H2,1H3. The van der Waals surface area contributed by atoms with Gasteiger partial charge >= 0.3 is 0 Å². The Balaban J connectivity index is 2.45. The first-order valence-electron chi connectivity index (χ1n) is 6.11. The second-order valence-electron chi connectivity index (χ2n) is 4.49. The van der Waals surface area contributed by atoms with E-state index in [0.717, 1.165) is 17.7 Å². The van der Waals surface area contributed by atoms with Gasteiger partial charge in [0, 0.05) is 12.6 Å². The van der Waals surface area contributed by atoms with Crippen molar-refractivity contribution in [2.45, 2.75) is 18.4 Å². The van der Waals surface area contributed by atoms with Crippen LogP contribution in [0.1, 0.15) is 11.1 Å². The lowest BCUT2D eigenvalue weighted by atomic mass is 10.1. The van der Waals surface area contributed by atoms with E-state index < -0.39 is 26.6 Å². The van der Waals surface area contributed by atoms with Crippen LogP contribution in [-0.4, -0.2) is 8.42 Å². The van der Waals surface area contributed by atoms with Crippen LogP contribution in [-0.2, 0) is 16.6 Å². The highest BCUT2D eigenvalue weighted by Gasteiger charge is 2.21. The van der Waals surface area contributed by atoms with E-state index in [1.54, 1.807) is 19.1 Å². The molecule has 0 aliphatic heterocycles. The largest absolute Gasteiger partial charge is 0.326 e. The summed E-state index contributed by atoms with van der Waals surface area (Å²) < 4.78 is 53.2. The molecule has 112 valence electrons. The molecule has 0 amide bonds. The fourth-order valence-corrected chi connectivity index (χ4v) is 3.12. The average Bonchev–Trinajstić information content (AvgIpc) is 2.38. The summed E-state index contributed by atoms with van der Waals surface area (Å²) in [7, 11) is -4.16. The van der Waals surface area contributed by atoms with Crippen LogP contribution in [0.25, 0.3) is 0 Å². The molecule has 0 atom stereocenters. The lowest BCUT2D eigenvalue weighted by molar-refractivity contribution is 0.551. The van der Waals surface area contributed by atoms with Crippen molar-refractivity contribution < 1.29 is 17.2 Å². The molecular weight excluding hydrogens is 298 g/mol. The van der Waals surface area contributed by atoms with Gasteiger partial charge in [0.05, 0.1) is 5.69 Å². The van der Waals surface area contributed by atoms with Crippen molar-refractivity contribution in [3.05, 3.63) is 59.2 Å². The highest BCUT2D eigenvalue weighted by atomic mass is 32.2. The fourth-order valence-electron chi connectivity index (χ4n) is 1.96. The number of rotatable bonds is 4. The molecule has 0 radical (unpaired) electrons. The normalized spacial score (nSPS) is 11.4. The van der Waals surface area contributed by atoms with Crippen LogP contribution in [0, 0.1) is 18.6 Å². The first-order valence-corrected chi connectivity index (χ1v) is 7.60. The van der Waals surface area contributed by atoms with Gasteiger partial charge in [-0.2, -0.15) is 0 Å². The van der Waals surface area contributed by atoms with Gasteiger partial charge in [0.25, 0.3) is 10.0 Å². The zero-order valence-electron chi connectivity index (χ0n) is 11.2. The molecule has 0 aliphatic carbocycles. The molecule has 0 unspecified atom stereocenters. The number of sulfonamides is 1. The van der Waals surface area contributed by atoms with Crippen LogP contribution >= 0.6 is 0 Å². The van der Waals surface area contributed by atoms with Gasteiger partial charge in [-0.15, -0.1) is 0 Å². The minimum atomic E-state index is -4.16. The number of nitrogens with two attached hydrogens (primary N) is 1. The number of anilines is 1. The number of halogens is 2. The molecule has 0 aromatic heterocycles. The third kappa shape index (κ3) is 3.20. The van der Waals surface area contributed by atoms with E-state index in [0.29, 0.717) is 11.6 Å². The third-order valence-corrected chi connectivity index (χ3v) is 4.44. The minimum absolute atomic E-state index is 0.135. The first kappa shape index (κ1) is 15.4. The molecule has 2 aromatic carbocycles. The van der Waals surface area contributed by atoms with Crippen molar-refractivity contribution in [2.75, 3.05) is 4.72 Å². The molecule has 0 spiro atoms. The van der Waals surface area contributed by atoms with E-state index in [9.17, 15) is 17.2 Å². The highest BCUT2D eigenvalue weighted by molar-refractivity contribution is 7.92. The molecule has 3 N–H and O–H groups in total. The lowest BCUT2D eigenvalue weighted by Crippen LogP contribution is -2.17. The molecule has 2 rings (SSSR count). The summed E-state index contributed by atoms with van der Waals surface area (Å²) in [6, 6.07) is 7.28. The monoisotopic (exact) mass is 312 g/mol. The number of hydrogen-bond donors (Lipinski definition) is 2. The maximum atomic E-state index is 13.6. The van der Waals surface area contributed by atoms with Gasteiger partial charge in [0.1, 0.15) is 16.5 Å². The quantitative estimate of drug-likeness (QED) is 0.911. The Morgan fingerprint density at radius 1 is 1.19 bits per heavy atom. The molecule has 21 heavy (non-hydrogen) atoms. The van der Waals surface area contributed by atoms with Crippen LogP contribution < -0.4 is 10.5 Å². The van der Waals surface area contributed by atoms with Crippen molar-refractivity contribution in [3.8, 4) is 0 Å². The second kappa shape index (κ2) is 5.79. The van der Waals surface area contributed by atoms with E-state index in [4.69, 9.17) is 5.73 Å². The summed E-state index contributed by atoms with van der Waals surface area (Å²) in [5.74, 6) is -1.99. The van der Waals surface area contributed by atoms with Crippen LogP contribution in [0.5, 0.6) is 0 Å². The molecule has 7 heteroatoms. The van der Waals surface area contributed by atoms with Gasteiger partial charge < -0.3 is 5.73 Å². The number of hydrogen-bond acceptors (Lipinski definition) is 3. The van der Waals surface area contributed by atoms with Crippen LogP contribution in [0.4, 0.5) is 14.5 Å². The molecule has 4 nitrogen and oxygen atoms in total. The highest BCUT2D eigenvalue weighted by Crippen LogP contribution is 2.24. The van der Waals surface area contributed by atoms with Gasteiger partial charge in [-0.1, -0.05) is 12.1 Å². The molecule has 0 aliphatic rings. The first-order chi connectivity index (χ1) is 9.85. The van der Waals surface area contributed by atoms with Gasteiger partial charge in [-0.05, 0) is 36.2 Å². The Kier molecular flexibility index (Phi) is 4.24. The smallest absolute Gasteiger partial charge is 0.264 e. The Morgan fingerprint density at radius 2 is 1.90 bits per heavy atom. The van der Waals surface area contributed by atoms with Gasteiger partial charge in [0.15, 0.2) is 0 Å². The number of aryl methyl sites for hydroxylation is 1. The van der Waals surface area contributed by atoms with E-state index in [2.05, 4.69) is 4.72 Å². The van der Waals surface area contributed by atoms with Crippen LogP contribution in [0.3, 0.4) is 0 Å². The van der Waals surface area contributed by atoms with E-state index in [1.807, 2.05) is 0 Å². The lowest BCUT2D eigenvalue weighted by Gasteiger charge is -2.14. The minimum Gasteiger partial charge on any atom is -0.326 e. The van der Waals surface area contributed by atoms with Gasteiger partial charge in [0.2, 0.25) is 0 Å². The summed E-state index contributed by atoms with van der Waals surface area (Å²) in [6.45, 7) is 1.93. The fraction of sp³-hybridized carbons (Fsp3) is 0.143. The molecule has 0 bridgehead atoms. The van der Waals surface area contributed by atoms with Gasteiger partial charge in [-0.25, -0.2) is 17.2 Å². The molecule has 0 fully saturated rings. The summed E-state index contributed by atoms with van der Waals surface area (Å²) in [6.07, 6.45) is 0. The van der Waals surface area contributed by atoms with Crippen molar-refractivity contribution in [3.63, 3.8) is 0 Å². The maximum absolute atomic E-state index is 13.6. The maximum Gasteiger partial charge on any atom is 0.264 e. The summed E-state index contributed by atoms with van der Waals surface area (Å²) >= 11 is 0. The molecule has 0 saturated carbocycles. The number of benzene rings is 2. The predicted molar refractivity (Wildman–Crippen MR) is 76.2 cm³/mol. The topological polar surface area (TPSA) is 72.2 Å². The summed E-state index contributed by atoms with van der Waals surface area (Å²) in [4.78, 5) is -0.617. The van der Waals surface area contributed by atoms with Crippen LogP contribution in [0.15, 0.2) is 41.3 Å². The van der Waals surface area contributed by atoms with E-state index in [-0.39, 0.29) is 12.2 Å². The summed E-state index contributed by atoms with van der Waals surface area (Å²) in [5.41, 5.74) is 7.31. The SMILES string of the molecule is Cc1cccc(NS(=O)(=O)c2ccc(F)cc2F)c1CN. The number of nitrogens with one attached hydrogen (secondary N) is 1. The van der Waals surface area contributed by atoms with Crippen molar-refractivity contribution in [1.29, 1.82) is 0 Å². The zero-order valence-corrected chi connectivity index (χ0v) is 12.0. The molecular formula is C14H14F2N2O2S. The van der Waals surface area contributed by atoms with Gasteiger partial charge in [-0.3, -0.25) is 4.72 Å². The molecule has 0 saturated heterocycles. The average molecular weight is 312 g/mol. The Morgan fingerprint density at radius 3 is 2.52 bits per heavy atom. The third-order valence-electron chi connectivity index (χ3n) is 3.04. The molecule has 0 heterocycles. The van der Waals surface area contributed by atoms with Crippen LogP contribution in [0.2, 0.25) is 0 Å². The van der Waals surface area contributed by atoms with Crippen molar-refractivity contribution >= 4 is 15.7 Å². The second-order valence-corrected chi connectivity index (χ2v) is 6.14. The van der Waals surface area contributed by atoms with E-state index in [1.165, 1.54) is 6.07 Å². The Hall–Kier alpha value is -1.99. The predicted octanol–water partition coefficient (Wildman–Crippen LogP) is 2.53. The van der Waals surface area contributed by atoms with E-state index >= 15 is 0 Å². The van der Waals surface area contributed by atoms with Crippen molar-refractivity contribution in [2.24, 2.45) is 5.73 Å². The summed E-state index contributed by atoms with van der Waals surface area (Å²) in [5, 5.41) is 0. The Labute approximate surface area is 121 Å². The Bertz CT molecular complexity index is 777. The zero-order chi connectivity index (χ0) is 15.6. The van der Waals surface area contributed by atoms with Crippen molar-refractivity contribution in [1.82, 2.24) is 0 Å².